The van der Waals surface area contributed by atoms with Crippen LogP contribution in [0.1, 0.15) is 40.5 Å². The fourth-order valence-electron chi connectivity index (χ4n) is 3.14. The van der Waals surface area contributed by atoms with Crippen LogP contribution in [0.5, 0.6) is 5.75 Å². The number of nitrogens with zero attached hydrogens (tertiary/aromatic N) is 2. The van der Waals surface area contributed by atoms with E-state index < -0.39 is 17.6 Å². The third-order valence-corrected chi connectivity index (χ3v) is 5.59. The van der Waals surface area contributed by atoms with Gasteiger partial charge in [0.15, 0.2) is 11.6 Å². The normalized spacial score (nSPS) is 10.7. The Balaban J connectivity index is 2.06. The average molecular weight is 490 g/mol. The third kappa shape index (κ3) is 5.43. The first-order valence-electron chi connectivity index (χ1n) is 10.2. The summed E-state index contributed by atoms with van der Waals surface area (Å²) in [6, 6.07) is 10.3. The Morgan fingerprint density at radius 3 is 2.58 bits per heavy atom. The Morgan fingerprint density at radius 1 is 1.15 bits per heavy atom. The summed E-state index contributed by atoms with van der Waals surface area (Å²) in [7, 11) is 1.46. The highest BCUT2D eigenvalue weighted by atomic mass is 35.5. The van der Waals surface area contributed by atoms with Crippen molar-refractivity contribution in [2.24, 2.45) is 5.73 Å². The minimum Gasteiger partial charge on any atom is -0.490 e. The average Bonchev–Trinajstić information content (AvgIpc) is 2.78. The number of carbonyl (C=O) groups excluding carboxylic acids is 2. The molecule has 33 heavy (non-hydrogen) atoms. The molecule has 172 valence electrons. The lowest BCUT2D eigenvalue weighted by Crippen LogP contribution is -2.29. The second-order valence-electron chi connectivity index (χ2n) is 7.27. The number of ether oxygens (including phenoxy) is 1. The van der Waals surface area contributed by atoms with Crippen LogP contribution in [0.4, 0.5) is 10.2 Å². The first kappa shape index (κ1) is 24.5. The molecule has 0 atom stereocenters. The minimum absolute atomic E-state index is 0.00744. The molecule has 0 saturated heterocycles. The van der Waals surface area contributed by atoms with Crippen molar-refractivity contribution in [2.75, 3.05) is 18.6 Å². The van der Waals surface area contributed by atoms with E-state index in [1.165, 1.54) is 36.3 Å². The highest BCUT2D eigenvalue weighted by Crippen LogP contribution is 2.35. The topological polar surface area (TPSA) is 85.5 Å². The van der Waals surface area contributed by atoms with Crippen LogP contribution < -0.4 is 15.4 Å². The smallest absolute Gasteiger partial charge is 0.263 e. The summed E-state index contributed by atoms with van der Waals surface area (Å²) in [4.78, 5) is 30.2. The number of unbranched alkanes of at least 4 members (excludes halogenated alkanes) is 1. The van der Waals surface area contributed by atoms with Crippen LogP contribution in [0.25, 0.3) is 11.1 Å². The number of benzene rings is 2. The number of carbonyl (C=O) groups is 2. The molecule has 0 spiro atoms. The molecule has 0 radical (unpaired) electrons. The van der Waals surface area contributed by atoms with E-state index in [0.29, 0.717) is 28.5 Å². The standard InChI is InChI=1S/C24H22Cl2FN3O3/c1-3-4-10-33-20-12-15(16-11-14(22(28)31)8-9-17(16)25)13-29-23(20)30(2)24(32)21-18(26)6-5-7-19(21)27/h5-9,11-13H,3-4,10H2,1-2H3,(H2,28,31). The lowest BCUT2D eigenvalue weighted by Gasteiger charge is -2.21. The first-order valence-corrected chi connectivity index (χ1v) is 10.9. The van der Waals surface area contributed by atoms with E-state index in [0.717, 1.165) is 18.9 Å². The molecule has 0 aliphatic rings. The molecule has 9 heteroatoms. The Hall–Kier alpha value is -3.16. The third-order valence-electron chi connectivity index (χ3n) is 4.95. The van der Waals surface area contributed by atoms with Gasteiger partial charge in [-0.1, -0.05) is 42.6 Å². The van der Waals surface area contributed by atoms with Gasteiger partial charge in [-0.3, -0.25) is 14.5 Å². The van der Waals surface area contributed by atoms with E-state index in [1.807, 2.05) is 6.92 Å². The van der Waals surface area contributed by atoms with Gasteiger partial charge in [-0.25, -0.2) is 9.37 Å². The summed E-state index contributed by atoms with van der Waals surface area (Å²) in [6.07, 6.45) is 3.16. The lowest BCUT2D eigenvalue weighted by molar-refractivity contribution is 0.0983. The van der Waals surface area contributed by atoms with Crippen LogP contribution in [0.2, 0.25) is 10.0 Å². The number of halogens is 3. The molecule has 0 fully saturated rings. The Labute approximate surface area is 201 Å². The van der Waals surface area contributed by atoms with Gasteiger partial charge in [0.25, 0.3) is 5.91 Å². The van der Waals surface area contributed by atoms with Gasteiger partial charge < -0.3 is 10.5 Å². The van der Waals surface area contributed by atoms with Gasteiger partial charge in [0.2, 0.25) is 5.91 Å². The maximum atomic E-state index is 14.3. The SMILES string of the molecule is CCCCOc1cc(-c2cc(C(N)=O)ccc2Cl)cnc1N(C)C(=O)c1c(F)cccc1Cl. The van der Waals surface area contributed by atoms with Gasteiger partial charge >= 0.3 is 0 Å². The summed E-state index contributed by atoms with van der Waals surface area (Å²) in [5.41, 5.74) is 6.50. The van der Waals surface area contributed by atoms with Crippen LogP contribution >= 0.6 is 23.2 Å². The Kier molecular flexibility index (Phi) is 7.89. The number of amides is 2. The second kappa shape index (κ2) is 10.6. The molecular weight excluding hydrogens is 468 g/mol. The zero-order chi connectivity index (χ0) is 24.1. The molecule has 0 unspecified atom stereocenters. The molecule has 0 aliphatic heterocycles. The fourth-order valence-corrected chi connectivity index (χ4v) is 3.61. The van der Waals surface area contributed by atoms with Crippen LogP contribution in [-0.2, 0) is 0 Å². The first-order chi connectivity index (χ1) is 15.7. The van der Waals surface area contributed by atoms with Crippen molar-refractivity contribution in [3.63, 3.8) is 0 Å². The van der Waals surface area contributed by atoms with Crippen molar-refractivity contribution in [1.29, 1.82) is 0 Å². The summed E-state index contributed by atoms with van der Waals surface area (Å²) in [6.45, 7) is 2.40. The van der Waals surface area contributed by atoms with E-state index in [2.05, 4.69) is 4.98 Å². The van der Waals surface area contributed by atoms with E-state index >= 15 is 0 Å². The summed E-state index contributed by atoms with van der Waals surface area (Å²) >= 11 is 12.4. The van der Waals surface area contributed by atoms with Crippen molar-refractivity contribution >= 4 is 40.8 Å². The molecule has 0 bridgehead atoms. The van der Waals surface area contributed by atoms with Gasteiger partial charge in [0.05, 0.1) is 17.2 Å². The van der Waals surface area contributed by atoms with Crippen molar-refractivity contribution in [3.05, 3.63) is 75.7 Å². The lowest BCUT2D eigenvalue weighted by atomic mass is 10.0. The van der Waals surface area contributed by atoms with Crippen LogP contribution in [0.15, 0.2) is 48.7 Å². The number of rotatable bonds is 8. The van der Waals surface area contributed by atoms with Crippen LogP contribution in [0.3, 0.4) is 0 Å². The van der Waals surface area contributed by atoms with E-state index in [4.69, 9.17) is 33.7 Å². The molecule has 2 N–H and O–H groups in total. The number of anilines is 1. The highest BCUT2D eigenvalue weighted by molar-refractivity contribution is 6.34. The summed E-state index contributed by atoms with van der Waals surface area (Å²) < 4.78 is 20.2. The maximum Gasteiger partial charge on any atom is 0.263 e. The Bertz CT molecular complexity index is 1180. The van der Waals surface area contributed by atoms with Gasteiger partial charge in [0.1, 0.15) is 5.82 Å². The van der Waals surface area contributed by atoms with Gasteiger partial charge in [-0.2, -0.15) is 0 Å². The van der Waals surface area contributed by atoms with E-state index in [1.54, 1.807) is 18.2 Å². The molecule has 2 aromatic carbocycles. The number of nitrogens with two attached hydrogens (primary N) is 1. The molecule has 6 nitrogen and oxygen atoms in total. The van der Waals surface area contributed by atoms with Crippen molar-refractivity contribution in [3.8, 4) is 16.9 Å². The minimum atomic E-state index is -0.737. The molecule has 0 aliphatic carbocycles. The van der Waals surface area contributed by atoms with Gasteiger partial charge in [0, 0.05) is 35.0 Å². The fraction of sp³-hybridized carbons (Fsp3) is 0.208. The maximum absolute atomic E-state index is 14.3. The van der Waals surface area contributed by atoms with Crippen molar-refractivity contribution in [2.45, 2.75) is 19.8 Å². The molecule has 0 saturated carbocycles. The van der Waals surface area contributed by atoms with E-state index in [-0.39, 0.29) is 22.0 Å². The van der Waals surface area contributed by atoms with E-state index in [9.17, 15) is 14.0 Å². The summed E-state index contributed by atoms with van der Waals surface area (Å²) in [5, 5.41) is 0.378. The number of pyridine rings is 1. The quantitative estimate of drug-likeness (QED) is 0.408. The van der Waals surface area contributed by atoms with Gasteiger partial charge in [-0.05, 0) is 42.8 Å². The molecule has 1 heterocycles. The van der Waals surface area contributed by atoms with Crippen molar-refractivity contribution in [1.82, 2.24) is 4.98 Å². The van der Waals surface area contributed by atoms with Crippen molar-refractivity contribution < 1.29 is 18.7 Å². The van der Waals surface area contributed by atoms with Crippen LogP contribution in [-0.4, -0.2) is 30.5 Å². The highest BCUT2D eigenvalue weighted by Gasteiger charge is 2.24. The molecule has 2 amide bonds. The monoisotopic (exact) mass is 489 g/mol. The number of primary amides is 1. The second-order valence-corrected chi connectivity index (χ2v) is 8.08. The largest absolute Gasteiger partial charge is 0.490 e. The molecular formula is C24H22Cl2FN3O3. The predicted octanol–water partition coefficient (Wildman–Crippen LogP) is 5.75. The number of hydrogen-bond donors (Lipinski definition) is 1. The number of hydrogen-bond acceptors (Lipinski definition) is 4. The zero-order valence-electron chi connectivity index (χ0n) is 18.1. The van der Waals surface area contributed by atoms with Gasteiger partial charge in [-0.15, -0.1) is 0 Å². The zero-order valence-corrected chi connectivity index (χ0v) is 19.6. The summed E-state index contributed by atoms with van der Waals surface area (Å²) in [5.74, 6) is -1.53. The molecule has 3 aromatic rings. The molecule has 1 aromatic heterocycles. The Morgan fingerprint density at radius 2 is 1.91 bits per heavy atom. The predicted molar refractivity (Wildman–Crippen MR) is 128 cm³/mol. The molecule has 3 rings (SSSR count). The number of aromatic nitrogens is 1. The van der Waals surface area contributed by atoms with Crippen LogP contribution in [0, 0.1) is 5.82 Å².